The molecule has 2 N–H and O–H groups in total. The molecule has 1 atom stereocenters. The van der Waals surface area contributed by atoms with Gasteiger partial charge in [-0.1, -0.05) is 6.07 Å². The molecule has 1 aromatic rings. The first-order chi connectivity index (χ1) is 7.69. The van der Waals surface area contributed by atoms with Gasteiger partial charge in [0.1, 0.15) is 5.82 Å². The van der Waals surface area contributed by atoms with Crippen LogP contribution in [0.2, 0.25) is 0 Å². The lowest BCUT2D eigenvalue weighted by molar-refractivity contribution is 0.296. The van der Waals surface area contributed by atoms with Crippen molar-refractivity contribution < 1.29 is 9.50 Å². The summed E-state index contributed by atoms with van der Waals surface area (Å²) in [5.74, 6) is 0.566. The molecule has 0 spiro atoms. The summed E-state index contributed by atoms with van der Waals surface area (Å²) in [6, 6.07) is 5.47. The molecule has 0 aromatic heterocycles. The molecular weight excluding hydrogens is 225 g/mol. The third-order valence-electron chi connectivity index (χ3n) is 2.45. The summed E-state index contributed by atoms with van der Waals surface area (Å²) in [5.41, 5.74) is 0.950. The zero-order chi connectivity index (χ0) is 12.0. The van der Waals surface area contributed by atoms with Gasteiger partial charge in [0, 0.05) is 23.3 Å². The van der Waals surface area contributed by atoms with Crippen LogP contribution >= 0.6 is 11.8 Å². The van der Waals surface area contributed by atoms with Crippen LogP contribution in [-0.4, -0.2) is 24.5 Å². The number of halogens is 1. The standard InChI is InChI=1S/C12H18FNOS/c1-9(14-2)10-4-5-12(11(13)8-10)16-7-3-6-15/h4-5,8-9,14-15H,3,6-7H2,1-2H3. The number of aliphatic hydroxyl groups excluding tert-OH is 1. The Morgan fingerprint density at radius 3 is 2.81 bits per heavy atom. The number of nitrogens with one attached hydrogen (secondary N) is 1. The summed E-state index contributed by atoms with van der Waals surface area (Å²) in [6.07, 6.45) is 0.693. The van der Waals surface area contributed by atoms with Crippen LogP contribution < -0.4 is 5.32 Å². The lowest BCUT2D eigenvalue weighted by Crippen LogP contribution is -2.12. The van der Waals surface area contributed by atoms with Crippen molar-refractivity contribution in [1.82, 2.24) is 5.32 Å². The third-order valence-corrected chi connectivity index (χ3v) is 3.58. The highest BCUT2D eigenvalue weighted by Gasteiger charge is 2.07. The van der Waals surface area contributed by atoms with Gasteiger partial charge >= 0.3 is 0 Å². The maximum atomic E-state index is 13.7. The summed E-state index contributed by atoms with van der Waals surface area (Å²) in [6.45, 7) is 2.15. The summed E-state index contributed by atoms with van der Waals surface area (Å²) < 4.78 is 13.7. The van der Waals surface area contributed by atoms with Gasteiger partial charge in [-0.05, 0) is 38.1 Å². The first kappa shape index (κ1) is 13.5. The van der Waals surface area contributed by atoms with Gasteiger partial charge in [-0.25, -0.2) is 4.39 Å². The minimum absolute atomic E-state index is 0.156. The van der Waals surface area contributed by atoms with Crippen molar-refractivity contribution in [2.45, 2.75) is 24.3 Å². The van der Waals surface area contributed by atoms with Crippen molar-refractivity contribution in [2.24, 2.45) is 0 Å². The number of hydrogen-bond donors (Lipinski definition) is 2. The van der Waals surface area contributed by atoms with Gasteiger partial charge in [0.15, 0.2) is 0 Å². The zero-order valence-corrected chi connectivity index (χ0v) is 10.5. The van der Waals surface area contributed by atoms with Crippen LogP contribution in [0.4, 0.5) is 4.39 Å². The fraction of sp³-hybridized carbons (Fsp3) is 0.500. The molecular formula is C12H18FNOS. The molecule has 90 valence electrons. The number of rotatable bonds is 6. The Labute approximate surface area is 100 Å². The summed E-state index contributed by atoms with van der Waals surface area (Å²) in [5, 5.41) is 11.7. The highest BCUT2D eigenvalue weighted by atomic mass is 32.2. The quantitative estimate of drug-likeness (QED) is 0.595. The lowest BCUT2D eigenvalue weighted by Gasteiger charge is -2.11. The van der Waals surface area contributed by atoms with Crippen LogP contribution in [-0.2, 0) is 0 Å². The van der Waals surface area contributed by atoms with Crippen molar-refractivity contribution in [3.8, 4) is 0 Å². The molecule has 0 heterocycles. The van der Waals surface area contributed by atoms with Crippen molar-refractivity contribution in [3.63, 3.8) is 0 Å². The van der Waals surface area contributed by atoms with Gasteiger partial charge in [0.05, 0.1) is 0 Å². The van der Waals surface area contributed by atoms with Crippen LogP contribution in [0.5, 0.6) is 0 Å². The molecule has 16 heavy (non-hydrogen) atoms. The Kier molecular flexibility index (Phi) is 5.80. The molecule has 1 unspecified atom stereocenters. The van der Waals surface area contributed by atoms with Gasteiger partial charge in [-0.15, -0.1) is 11.8 Å². The van der Waals surface area contributed by atoms with E-state index in [1.807, 2.05) is 20.0 Å². The summed E-state index contributed by atoms with van der Waals surface area (Å²) >= 11 is 1.44. The smallest absolute Gasteiger partial charge is 0.137 e. The highest BCUT2D eigenvalue weighted by molar-refractivity contribution is 7.99. The second-order valence-corrected chi connectivity index (χ2v) is 4.76. The second-order valence-electron chi connectivity index (χ2n) is 3.63. The molecule has 4 heteroatoms. The number of benzene rings is 1. The van der Waals surface area contributed by atoms with E-state index in [-0.39, 0.29) is 18.5 Å². The monoisotopic (exact) mass is 243 g/mol. The Balaban J connectivity index is 2.67. The number of hydrogen-bond acceptors (Lipinski definition) is 3. The fourth-order valence-electron chi connectivity index (χ4n) is 1.32. The molecule has 0 saturated carbocycles. The number of aliphatic hydroxyl groups is 1. The predicted molar refractivity (Wildman–Crippen MR) is 66.3 cm³/mol. The Hall–Kier alpha value is -0.580. The Morgan fingerprint density at radius 1 is 1.50 bits per heavy atom. The van der Waals surface area contributed by atoms with Gasteiger partial charge in [-0.3, -0.25) is 0 Å². The van der Waals surface area contributed by atoms with Crippen LogP contribution in [0.3, 0.4) is 0 Å². The average Bonchev–Trinajstić information content (AvgIpc) is 2.30. The van der Waals surface area contributed by atoms with Crippen molar-refractivity contribution >= 4 is 11.8 Å². The van der Waals surface area contributed by atoms with Gasteiger partial charge in [0.25, 0.3) is 0 Å². The van der Waals surface area contributed by atoms with Gasteiger partial charge in [0.2, 0.25) is 0 Å². The van der Waals surface area contributed by atoms with E-state index in [9.17, 15) is 4.39 Å². The van der Waals surface area contributed by atoms with E-state index in [2.05, 4.69) is 5.32 Å². The van der Waals surface area contributed by atoms with Crippen LogP contribution in [0.1, 0.15) is 24.9 Å². The lowest BCUT2D eigenvalue weighted by atomic mass is 10.1. The largest absolute Gasteiger partial charge is 0.396 e. The normalized spacial score (nSPS) is 12.8. The van der Waals surface area contributed by atoms with E-state index >= 15 is 0 Å². The van der Waals surface area contributed by atoms with E-state index in [0.717, 1.165) is 11.3 Å². The van der Waals surface area contributed by atoms with Crippen molar-refractivity contribution in [1.29, 1.82) is 0 Å². The Morgan fingerprint density at radius 2 is 2.25 bits per heavy atom. The van der Waals surface area contributed by atoms with Crippen molar-refractivity contribution in [3.05, 3.63) is 29.6 Å². The van der Waals surface area contributed by atoms with Gasteiger partial charge in [-0.2, -0.15) is 0 Å². The van der Waals surface area contributed by atoms with E-state index in [0.29, 0.717) is 11.3 Å². The van der Waals surface area contributed by atoms with Crippen LogP contribution in [0, 0.1) is 5.82 Å². The average molecular weight is 243 g/mol. The van der Waals surface area contributed by atoms with Crippen LogP contribution in [0.25, 0.3) is 0 Å². The third kappa shape index (κ3) is 3.77. The summed E-state index contributed by atoms with van der Waals surface area (Å²) in [4.78, 5) is 0.653. The van der Waals surface area contributed by atoms with Crippen molar-refractivity contribution in [2.75, 3.05) is 19.4 Å². The maximum Gasteiger partial charge on any atom is 0.137 e. The maximum absolute atomic E-state index is 13.7. The number of thioether (sulfide) groups is 1. The molecule has 0 amide bonds. The Bertz CT molecular complexity index is 333. The molecule has 0 radical (unpaired) electrons. The first-order valence-corrected chi connectivity index (χ1v) is 6.38. The molecule has 0 saturated heterocycles. The second kappa shape index (κ2) is 6.89. The molecule has 1 rings (SSSR count). The molecule has 0 bridgehead atoms. The molecule has 0 fully saturated rings. The van der Waals surface area contributed by atoms with E-state index < -0.39 is 0 Å². The minimum atomic E-state index is -0.178. The van der Waals surface area contributed by atoms with E-state index in [4.69, 9.17) is 5.11 Å². The molecule has 2 nitrogen and oxygen atoms in total. The topological polar surface area (TPSA) is 32.3 Å². The fourth-order valence-corrected chi connectivity index (χ4v) is 2.17. The van der Waals surface area contributed by atoms with Gasteiger partial charge < -0.3 is 10.4 Å². The molecule has 0 aliphatic rings. The molecule has 0 aliphatic heterocycles. The van der Waals surface area contributed by atoms with E-state index in [1.54, 1.807) is 12.1 Å². The minimum Gasteiger partial charge on any atom is -0.396 e. The summed E-state index contributed by atoms with van der Waals surface area (Å²) in [7, 11) is 1.85. The zero-order valence-electron chi connectivity index (χ0n) is 9.66. The van der Waals surface area contributed by atoms with E-state index in [1.165, 1.54) is 11.8 Å². The molecule has 0 aliphatic carbocycles. The highest BCUT2D eigenvalue weighted by Crippen LogP contribution is 2.25. The first-order valence-electron chi connectivity index (χ1n) is 5.39. The predicted octanol–water partition coefficient (Wildman–Crippen LogP) is 2.58. The SMILES string of the molecule is CNC(C)c1ccc(SCCCO)c(F)c1. The van der Waals surface area contributed by atoms with Crippen LogP contribution in [0.15, 0.2) is 23.1 Å². The molecule has 1 aromatic carbocycles.